The number of cyclic esters (lactones) is 2. The van der Waals surface area contributed by atoms with E-state index >= 15 is 0 Å². The smallest absolute Gasteiger partial charge is 0.317 e. The summed E-state index contributed by atoms with van der Waals surface area (Å²) in [4.78, 5) is 33.3. The first-order valence-corrected chi connectivity index (χ1v) is 7.17. The van der Waals surface area contributed by atoms with Crippen LogP contribution in [0.3, 0.4) is 0 Å². The molecule has 5 nitrogen and oxygen atoms in total. The standard InChI is InChI=1S/C15H22O5/c1-2-3-4-5-7-11(8-6-9-13(16)17)12-10-14(18)20-15(12)19/h5,7,11-12H,2-4,6,8-10H2,1H3,(H,16,17)/b7-5-. The molecule has 1 N–H and O–H groups in total. The second kappa shape index (κ2) is 8.51. The molecule has 2 atom stereocenters. The van der Waals surface area contributed by atoms with Gasteiger partial charge in [0.25, 0.3) is 0 Å². The van der Waals surface area contributed by atoms with Crippen LogP contribution in [0.25, 0.3) is 0 Å². The molecule has 0 aromatic heterocycles. The number of carbonyl (C=O) groups excluding carboxylic acids is 2. The van der Waals surface area contributed by atoms with E-state index in [1.54, 1.807) is 0 Å². The minimum absolute atomic E-state index is 0.0784. The number of hydrogen-bond donors (Lipinski definition) is 1. The zero-order valence-corrected chi connectivity index (χ0v) is 11.8. The Morgan fingerprint density at radius 3 is 2.75 bits per heavy atom. The van der Waals surface area contributed by atoms with Crippen LogP contribution in [0.1, 0.15) is 51.9 Å². The van der Waals surface area contributed by atoms with Crippen molar-refractivity contribution >= 4 is 17.9 Å². The van der Waals surface area contributed by atoms with Crippen molar-refractivity contribution in [2.24, 2.45) is 11.8 Å². The Labute approximate surface area is 119 Å². The normalized spacial score (nSPS) is 20.4. The third-order valence-corrected chi connectivity index (χ3v) is 3.46. The average Bonchev–Trinajstić information content (AvgIpc) is 2.71. The van der Waals surface area contributed by atoms with Gasteiger partial charge in [0.15, 0.2) is 0 Å². The molecule has 0 amide bonds. The van der Waals surface area contributed by atoms with Crippen molar-refractivity contribution in [2.75, 3.05) is 0 Å². The first-order chi connectivity index (χ1) is 9.54. The number of hydrogen-bond acceptors (Lipinski definition) is 4. The number of aliphatic carboxylic acids is 1. The molecular weight excluding hydrogens is 260 g/mol. The van der Waals surface area contributed by atoms with E-state index in [0.29, 0.717) is 12.8 Å². The molecule has 1 heterocycles. The van der Waals surface area contributed by atoms with Gasteiger partial charge in [-0.2, -0.15) is 0 Å². The lowest BCUT2D eigenvalue weighted by molar-refractivity contribution is -0.153. The molecule has 1 rings (SSSR count). The molecule has 20 heavy (non-hydrogen) atoms. The lowest BCUT2D eigenvalue weighted by Gasteiger charge is -2.15. The van der Waals surface area contributed by atoms with Gasteiger partial charge in [-0.3, -0.25) is 14.4 Å². The predicted octanol–water partition coefficient (Wildman–Crippen LogP) is 2.69. The van der Waals surface area contributed by atoms with E-state index < -0.39 is 23.8 Å². The van der Waals surface area contributed by atoms with Crippen molar-refractivity contribution < 1.29 is 24.2 Å². The number of allylic oxidation sites excluding steroid dienone is 2. The second-order valence-electron chi connectivity index (χ2n) is 5.12. The lowest BCUT2D eigenvalue weighted by atomic mass is 9.86. The molecule has 1 aliphatic rings. The number of carboxylic acids is 1. The molecule has 0 aliphatic carbocycles. The summed E-state index contributed by atoms with van der Waals surface area (Å²) in [5.74, 6) is -2.36. The maximum atomic E-state index is 11.6. The van der Waals surface area contributed by atoms with Crippen LogP contribution in [-0.4, -0.2) is 23.0 Å². The fourth-order valence-corrected chi connectivity index (χ4v) is 2.33. The van der Waals surface area contributed by atoms with E-state index in [1.165, 1.54) is 0 Å². The summed E-state index contributed by atoms with van der Waals surface area (Å²) in [6, 6.07) is 0. The number of carbonyl (C=O) groups is 3. The molecule has 1 saturated heterocycles. The van der Waals surface area contributed by atoms with Gasteiger partial charge in [-0.05, 0) is 25.2 Å². The van der Waals surface area contributed by atoms with Gasteiger partial charge in [0.2, 0.25) is 0 Å². The highest BCUT2D eigenvalue weighted by atomic mass is 16.6. The number of ether oxygens (including phenoxy) is 1. The van der Waals surface area contributed by atoms with Crippen LogP contribution in [0, 0.1) is 11.8 Å². The molecule has 0 radical (unpaired) electrons. The zero-order chi connectivity index (χ0) is 15.0. The SMILES string of the molecule is CCCC/C=C\C(CCCC(=O)O)C1CC(=O)OC1=O. The highest BCUT2D eigenvalue weighted by Gasteiger charge is 2.37. The first-order valence-electron chi connectivity index (χ1n) is 7.17. The summed E-state index contributed by atoms with van der Waals surface area (Å²) in [5.41, 5.74) is 0. The average molecular weight is 282 g/mol. The largest absolute Gasteiger partial charge is 0.481 e. The Morgan fingerprint density at radius 2 is 2.20 bits per heavy atom. The molecule has 2 unspecified atom stereocenters. The van der Waals surface area contributed by atoms with E-state index in [2.05, 4.69) is 11.7 Å². The number of carboxylic acid groups (broad SMARTS) is 1. The molecular formula is C15H22O5. The second-order valence-corrected chi connectivity index (χ2v) is 5.12. The van der Waals surface area contributed by atoms with Crippen LogP contribution >= 0.6 is 0 Å². The molecule has 5 heteroatoms. The molecule has 0 aromatic carbocycles. The van der Waals surface area contributed by atoms with Crippen molar-refractivity contribution in [3.05, 3.63) is 12.2 Å². The molecule has 112 valence electrons. The van der Waals surface area contributed by atoms with E-state index in [1.807, 2.05) is 12.2 Å². The van der Waals surface area contributed by atoms with Crippen molar-refractivity contribution in [1.82, 2.24) is 0 Å². The minimum atomic E-state index is -0.844. The third-order valence-electron chi connectivity index (χ3n) is 3.46. The Morgan fingerprint density at radius 1 is 1.45 bits per heavy atom. The number of esters is 2. The van der Waals surface area contributed by atoms with Crippen molar-refractivity contribution in [2.45, 2.75) is 51.9 Å². The quantitative estimate of drug-likeness (QED) is 0.304. The van der Waals surface area contributed by atoms with Crippen molar-refractivity contribution in [3.63, 3.8) is 0 Å². The van der Waals surface area contributed by atoms with Crippen LogP contribution in [0.4, 0.5) is 0 Å². The molecule has 0 aromatic rings. The number of rotatable bonds is 9. The van der Waals surface area contributed by atoms with Crippen molar-refractivity contribution in [1.29, 1.82) is 0 Å². The number of unbranched alkanes of at least 4 members (excludes halogenated alkanes) is 2. The van der Waals surface area contributed by atoms with Gasteiger partial charge in [-0.15, -0.1) is 0 Å². The Hall–Kier alpha value is -1.65. The monoisotopic (exact) mass is 282 g/mol. The molecule has 1 fully saturated rings. The van der Waals surface area contributed by atoms with Gasteiger partial charge >= 0.3 is 17.9 Å². The third kappa shape index (κ3) is 5.55. The lowest BCUT2D eigenvalue weighted by Crippen LogP contribution is -2.18. The first kappa shape index (κ1) is 16.4. The van der Waals surface area contributed by atoms with Gasteiger partial charge in [-0.25, -0.2) is 0 Å². The van der Waals surface area contributed by atoms with Crippen LogP contribution in [0.2, 0.25) is 0 Å². The molecule has 0 bridgehead atoms. The van der Waals surface area contributed by atoms with E-state index in [9.17, 15) is 14.4 Å². The molecule has 0 spiro atoms. The van der Waals surface area contributed by atoms with Gasteiger partial charge in [-0.1, -0.05) is 31.9 Å². The van der Waals surface area contributed by atoms with Crippen LogP contribution in [0.5, 0.6) is 0 Å². The Balaban J connectivity index is 2.58. The van der Waals surface area contributed by atoms with Gasteiger partial charge in [0.1, 0.15) is 0 Å². The summed E-state index contributed by atoms with van der Waals surface area (Å²) in [7, 11) is 0. The van der Waals surface area contributed by atoms with Crippen LogP contribution < -0.4 is 0 Å². The summed E-state index contributed by atoms with van der Waals surface area (Å²) in [6.07, 6.45) is 8.33. The van der Waals surface area contributed by atoms with Crippen LogP contribution in [-0.2, 0) is 19.1 Å². The van der Waals surface area contributed by atoms with E-state index in [-0.39, 0.29) is 18.8 Å². The van der Waals surface area contributed by atoms with Gasteiger partial charge in [0, 0.05) is 6.42 Å². The van der Waals surface area contributed by atoms with Crippen molar-refractivity contribution in [3.8, 4) is 0 Å². The fourth-order valence-electron chi connectivity index (χ4n) is 2.33. The predicted molar refractivity (Wildman–Crippen MR) is 72.8 cm³/mol. The van der Waals surface area contributed by atoms with Crippen LogP contribution in [0.15, 0.2) is 12.2 Å². The molecule has 0 saturated carbocycles. The van der Waals surface area contributed by atoms with Gasteiger partial charge in [0.05, 0.1) is 12.3 Å². The maximum Gasteiger partial charge on any atom is 0.317 e. The van der Waals surface area contributed by atoms with E-state index in [0.717, 1.165) is 19.3 Å². The fraction of sp³-hybridized carbons (Fsp3) is 0.667. The minimum Gasteiger partial charge on any atom is -0.481 e. The molecule has 1 aliphatic heterocycles. The van der Waals surface area contributed by atoms with Gasteiger partial charge < -0.3 is 9.84 Å². The summed E-state index contributed by atoms with van der Waals surface area (Å²) >= 11 is 0. The highest BCUT2D eigenvalue weighted by molar-refractivity contribution is 5.94. The summed E-state index contributed by atoms with van der Waals surface area (Å²) in [6.45, 7) is 2.10. The highest BCUT2D eigenvalue weighted by Crippen LogP contribution is 2.29. The Kier molecular flexibility index (Phi) is 6.98. The summed E-state index contributed by atoms with van der Waals surface area (Å²) < 4.78 is 4.58. The topological polar surface area (TPSA) is 80.7 Å². The summed E-state index contributed by atoms with van der Waals surface area (Å²) in [5, 5.41) is 8.67. The zero-order valence-electron chi connectivity index (χ0n) is 11.8. The Bertz CT molecular complexity index is 386. The van der Waals surface area contributed by atoms with E-state index in [4.69, 9.17) is 5.11 Å². The maximum absolute atomic E-state index is 11.6.